The minimum atomic E-state index is -3.25. The van der Waals surface area contributed by atoms with Gasteiger partial charge in [0.2, 0.25) is 0 Å². The van der Waals surface area contributed by atoms with Crippen molar-refractivity contribution in [2.24, 2.45) is 0 Å². The van der Waals surface area contributed by atoms with Gasteiger partial charge in [-0.3, -0.25) is 30.3 Å². The zero-order chi connectivity index (χ0) is 24.7. The average Bonchev–Trinajstić information content (AvgIpc) is 2.85. The second-order valence-corrected chi connectivity index (χ2v) is 7.99. The van der Waals surface area contributed by atoms with Gasteiger partial charge in [0.15, 0.2) is 0 Å². The van der Waals surface area contributed by atoms with Crippen LogP contribution in [0.5, 0.6) is 0 Å². The predicted molar refractivity (Wildman–Crippen MR) is 123 cm³/mol. The molecule has 1 saturated heterocycles. The van der Waals surface area contributed by atoms with Crippen LogP contribution in [0.25, 0.3) is 0 Å². The topological polar surface area (TPSA) is 97.9 Å². The van der Waals surface area contributed by atoms with E-state index in [1.54, 1.807) is 45.6 Å². The van der Waals surface area contributed by atoms with Crippen LogP contribution >= 0.6 is 11.6 Å². The first kappa shape index (κ1) is 25.3. The molecule has 34 heavy (non-hydrogen) atoms. The molecule has 0 bridgehead atoms. The van der Waals surface area contributed by atoms with E-state index < -0.39 is 18.2 Å². The van der Waals surface area contributed by atoms with Gasteiger partial charge in [0.05, 0.1) is 17.8 Å². The Morgan fingerprint density at radius 2 is 1.85 bits per heavy atom. The number of aromatic nitrogens is 1. The molecule has 0 spiro atoms. The second kappa shape index (κ2) is 11.7. The molecule has 0 saturated carbocycles. The number of pyridine rings is 1. The zero-order valence-electron chi connectivity index (χ0n) is 18.5. The number of benzene rings is 1. The normalized spacial score (nSPS) is 14.1. The lowest BCUT2D eigenvalue weighted by Crippen LogP contribution is -2.52. The molecule has 2 heterocycles. The maximum absolute atomic E-state index is 13.4. The Labute approximate surface area is 200 Å². The van der Waals surface area contributed by atoms with Crippen LogP contribution in [0.4, 0.5) is 19.3 Å². The summed E-state index contributed by atoms with van der Waals surface area (Å²) in [5.74, 6) is -2.42. The number of nitrogens with zero attached hydrogens (tertiary/aromatic N) is 4. The van der Waals surface area contributed by atoms with Gasteiger partial charge in [0.1, 0.15) is 0 Å². The van der Waals surface area contributed by atoms with Gasteiger partial charge in [-0.05, 0) is 36.9 Å². The fourth-order valence-corrected chi connectivity index (χ4v) is 3.58. The quantitative estimate of drug-likeness (QED) is 0.601. The SMILES string of the molecule is CCN1CCN(C(=O)N(Cc2ccc(C(=O)NNC(=O)C(F)F)cn2)c2cccc(Cl)c2)CC1. The number of carbonyl (C=O) groups is 3. The van der Waals surface area contributed by atoms with Crippen LogP contribution in [0.15, 0.2) is 42.6 Å². The number of anilines is 1. The highest BCUT2D eigenvalue weighted by Gasteiger charge is 2.26. The number of likely N-dealkylation sites (N-methyl/N-ethyl adjacent to an activating group) is 1. The lowest BCUT2D eigenvalue weighted by molar-refractivity contribution is -0.132. The van der Waals surface area contributed by atoms with E-state index in [-0.39, 0.29) is 18.1 Å². The first-order valence-corrected chi connectivity index (χ1v) is 11.0. The summed E-state index contributed by atoms with van der Waals surface area (Å²) in [5, 5.41) is 0.483. The van der Waals surface area contributed by atoms with E-state index in [0.717, 1.165) is 19.6 Å². The van der Waals surface area contributed by atoms with Crippen molar-refractivity contribution in [3.63, 3.8) is 0 Å². The van der Waals surface area contributed by atoms with Gasteiger partial charge < -0.3 is 9.80 Å². The number of amides is 4. The number of hydrogen-bond donors (Lipinski definition) is 2. The Morgan fingerprint density at radius 1 is 1.12 bits per heavy atom. The lowest BCUT2D eigenvalue weighted by atomic mass is 10.2. The summed E-state index contributed by atoms with van der Waals surface area (Å²) in [6.07, 6.45) is -2.01. The van der Waals surface area contributed by atoms with Crippen LogP contribution in [0.2, 0.25) is 5.02 Å². The van der Waals surface area contributed by atoms with Gasteiger partial charge in [-0.1, -0.05) is 24.6 Å². The van der Waals surface area contributed by atoms with Gasteiger partial charge in [-0.25, -0.2) is 4.79 Å². The maximum atomic E-state index is 13.4. The summed E-state index contributed by atoms with van der Waals surface area (Å²) < 4.78 is 24.5. The minimum absolute atomic E-state index is 0.0506. The van der Waals surface area contributed by atoms with Gasteiger partial charge in [-0.2, -0.15) is 8.78 Å². The number of piperazine rings is 1. The maximum Gasteiger partial charge on any atom is 0.324 e. The third-order valence-corrected chi connectivity index (χ3v) is 5.58. The molecule has 1 fully saturated rings. The number of hydrogen-bond acceptors (Lipinski definition) is 5. The van der Waals surface area contributed by atoms with Crippen molar-refractivity contribution in [3.05, 3.63) is 58.9 Å². The van der Waals surface area contributed by atoms with Gasteiger partial charge in [0, 0.05) is 43.1 Å². The van der Waals surface area contributed by atoms with Crippen molar-refractivity contribution in [2.75, 3.05) is 37.6 Å². The molecule has 0 unspecified atom stereocenters. The Hall–Kier alpha value is -3.31. The second-order valence-electron chi connectivity index (χ2n) is 7.55. The summed E-state index contributed by atoms with van der Waals surface area (Å²) in [4.78, 5) is 46.2. The van der Waals surface area contributed by atoms with Crippen LogP contribution in [0, 0.1) is 0 Å². The van der Waals surface area contributed by atoms with E-state index in [9.17, 15) is 23.2 Å². The van der Waals surface area contributed by atoms with Crippen LogP contribution in [-0.4, -0.2) is 71.8 Å². The van der Waals surface area contributed by atoms with E-state index in [0.29, 0.717) is 29.5 Å². The van der Waals surface area contributed by atoms with Crippen LogP contribution in [-0.2, 0) is 11.3 Å². The number of rotatable bonds is 6. The first-order chi connectivity index (χ1) is 16.3. The summed E-state index contributed by atoms with van der Waals surface area (Å²) >= 11 is 6.15. The molecule has 3 rings (SSSR count). The molecular weight excluding hydrogens is 470 g/mol. The summed E-state index contributed by atoms with van der Waals surface area (Å²) in [5.41, 5.74) is 4.67. The summed E-state index contributed by atoms with van der Waals surface area (Å²) in [6.45, 7) is 5.90. The Balaban J connectivity index is 1.73. The highest BCUT2D eigenvalue weighted by molar-refractivity contribution is 6.30. The molecule has 9 nitrogen and oxygen atoms in total. The zero-order valence-corrected chi connectivity index (χ0v) is 19.3. The molecule has 2 aromatic rings. The molecule has 2 N–H and O–H groups in total. The van der Waals surface area contributed by atoms with E-state index >= 15 is 0 Å². The average molecular weight is 495 g/mol. The third kappa shape index (κ3) is 6.61. The first-order valence-electron chi connectivity index (χ1n) is 10.7. The fourth-order valence-electron chi connectivity index (χ4n) is 3.40. The van der Waals surface area contributed by atoms with Crippen LogP contribution < -0.4 is 15.8 Å². The molecule has 0 radical (unpaired) electrons. The van der Waals surface area contributed by atoms with E-state index in [1.165, 1.54) is 12.3 Å². The summed E-state index contributed by atoms with van der Waals surface area (Å²) in [6, 6.07) is 9.72. The number of halogens is 3. The molecule has 4 amide bonds. The van der Waals surface area contributed by atoms with Crippen LogP contribution in [0.1, 0.15) is 23.0 Å². The van der Waals surface area contributed by atoms with Crippen molar-refractivity contribution in [1.82, 2.24) is 25.6 Å². The number of urea groups is 1. The van der Waals surface area contributed by atoms with Crippen molar-refractivity contribution in [3.8, 4) is 0 Å². The number of hydrazine groups is 1. The van der Waals surface area contributed by atoms with Gasteiger partial charge in [0.25, 0.3) is 5.91 Å². The van der Waals surface area contributed by atoms with Gasteiger partial charge in [-0.15, -0.1) is 0 Å². The van der Waals surface area contributed by atoms with Crippen LogP contribution in [0.3, 0.4) is 0 Å². The molecule has 1 aliphatic rings. The molecule has 182 valence electrons. The van der Waals surface area contributed by atoms with Crippen molar-refractivity contribution >= 4 is 35.1 Å². The Kier molecular flexibility index (Phi) is 8.72. The summed E-state index contributed by atoms with van der Waals surface area (Å²) in [7, 11) is 0. The number of nitrogens with one attached hydrogen (secondary N) is 2. The Bertz CT molecular complexity index is 1020. The van der Waals surface area contributed by atoms with Crippen molar-refractivity contribution in [1.29, 1.82) is 0 Å². The van der Waals surface area contributed by atoms with E-state index in [1.807, 2.05) is 5.43 Å². The van der Waals surface area contributed by atoms with Crippen molar-refractivity contribution < 1.29 is 23.2 Å². The molecule has 1 aromatic heterocycles. The van der Waals surface area contributed by atoms with Crippen molar-refractivity contribution in [2.45, 2.75) is 19.9 Å². The lowest BCUT2D eigenvalue weighted by Gasteiger charge is -2.37. The Morgan fingerprint density at radius 3 is 2.44 bits per heavy atom. The molecule has 0 aliphatic carbocycles. The van der Waals surface area contributed by atoms with Gasteiger partial charge >= 0.3 is 18.4 Å². The standard InChI is InChI=1S/C22H25ClF2N6O3/c1-2-29-8-10-30(11-9-29)22(34)31(18-5-3-4-16(23)12-18)14-17-7-6-15(13-26-17)20(32)27-28-21(33)19(24)25/h3-7,12-13,19H,2,8-11,14H2,1H3,(H,27,32)(H,28,33). The molecule has 1 aliphatic heterocycles. The smallest absolute Gasteiger partial charge is 0.322 e. The fraction of sp³-hybridized carbons (Fsp3) is 0.364. The molecular formula is C22H25ClF2N6O3. The third-order valence-electron chi connectivity index (χ3n) is 5.35. The molecule has 1 aromatic carbocycles. The monoisotopic (exact) mass is 494 g/mol. The molecule has 12 heteroatoms. The number of carbonyl (C=O) groups excluding carboxylic acids is 3. The molecule has 0 atom stereocenters. The number of alkyl halides is 2. The predicted octanol–water partition coefficient (Wildman–Crippen LogP) is 2.53. The highest BCUT2D eigenvalue weighted by atomic mass is 35.5. The minimum Gasteiger partial charge on any atom is -0.322 e. The highest BCUT2D eigenvalue weighted by Crippen LogP contribution is 2.23. The van der Waals surface area contributed by atoms with E-state index in [2.05, 4.69) is 16.8 Å². The van der Waals surface area contributed by atoms with E-state index in [4.69, 9.17) is 11.6 Å². The largest absolute Gasteiger partial charge is 0.324 e.